The van der Waals surface area contributed by atoms with Gasteiger partial charge in [0.1, 0.15) is 5.82 Å². The van der Waals surface area contributed by atoms with Crippen LogP contribution in [0.5, 0.6) is 0 Å². The first-order valence-electron chi connectivity index (χ1n) is 7.43. The van der Waals surface area contributed by atoms with E-state index in [0.29, 0.717) is 25.2 Å². The maximum atomic E-state index is 12.9. The van der Waals surface area contributed by atoms with E-state index in [1.165, 1.54) is 31.4 Å². The number of ether oxygens (including phenoxy) is 1. The fourth-order valence-electron chi connectivity index (χ4n) is 2.67. The van der Waals surface area contributed by atoms with Gasteiger partial charge in [0.15, 0.2) is 0 Å². The fraction of sp³-hybridized carbons (Fsp3) is 0.562. The molecular formula is C16H21ClFNO2. The number of halogens is 2. The van der Waals surface area contributed by atoms with Crippen LogP contribution in [-0.4, -0.2) is 25.2 Å². The molecule has 1 aromatic rings. The summed E-state index contributed by atoms with van der Waals surface area (Å²) in [5.41, 5.74) is 0.282. The van der Waals surface area contributed by atoms with Gasteiger partial charge in [0.25, 0.3) is 5.91 Å². The van der Waals surface area contributed by atoms with Crippen LogP contribution < -0.4 is 5.32 Å². The standard InChI is InChI=1S/C16H21ClFNO2/c1-11-4-2-3-5-15(11)21-9-8-19-16(20)13-7-6-12(18)10-14(13)17/h6-7,10-11,15H,2-5,8-9H2,1H3,(H,19,20)/t11-,15-/m1/s1. The second kappa shape index (κ2) is 7.76. The van der Waals surface area contributed by atoms with Crippen LogP contribution >= 0.6 is 11.6 Å². The molecule has 0 radical (unpaired) electrons. The van der Waals surface area contributed by atoms with E-state index in [9.17, 15) is 9.18 Å². The summed E-state index contributed by atoms with van der Waals surface area (Å²) in [7, 11) is 0. The van der Waals surface area contributed by atoms with Gasteiger partial charge in [-0.05, 0) is 37.0 Å². The van der Waals surface area contributed by atoms with Crippen molar-refractivity contribution in [2.24, 2.45) is 5.92 Å². The number of benzene rings is 1. The summed E-state index contributed by atoms with van der Waals surface area (Å²) < 4.78 is 18.7. The molecule has 0 bridgehead atoms. The molecule has 1 aliphatic rings. The summed E-state index contributed by atoms with van der Waals surface area (Å²) in [6.45, 7) is 3.12. The smallest absolute Gasteiger partial charge is 0.252 e. The minimum atomic E-state index is -0.453. The zero-order valence-corrected chi connectivity index (χ0v) is 13.0. The minimum absolute atomic E-state index is 0.120. The third kappa shape index (κ3) is 4.68. The number of hydrogen-bond donors (Lipinski definition) is 1. The molecule has 5 heteroatoms. The van der Waals surface area contributed by atoms with Crippen molar-refractivity contribution in [1.82, 2.24) is 5.32 Å². The Kier molecular flexibility index (Phi) is 6.00. The third-order valence-electron chi connectivity index (χ3n) is 3.93. The summed E-state index contributed by atoms with van der Waals surface area (Å²) >= 11 is 5.85. The van der Waals surface area contributed by atoms with E-state index in [-0.39, 0.29) is 16.5 Å². The maximum absolute atomic E-state index is 12.9. The van der Waals surface area contributed by atoms with E-state index in [1.807, 2.05) is 0 Å². The normalized spacial score (nSPS) is 22.0. The van der Waals surface area contributed by atoms with Crippen LogP contribution in [0.1, 0.15) is 43.0 Å². The van der Waals surface area contributed by atoms with Crippen molar-refractivity contribution in [3.05, 3.63) is 34.6 Å². The molecule has 1 aromatic carbocycles. The predicted octanol–water partition coefficient (Wildman–Crippen LogP) is 3.80. The van der Waals surface area contributed by atoms with Gasteiger partial charge in [0, 0.05) is 6.54 Å². The topological polar surface area (TPSA) is 38.3 Å². The first kappa shape index (κ1) is 16.2. The van der Waals surface area contributed by atoms with Crippen LogP contribution in [0.15, 0.2) is 18.2 Å². The van der Waals surface area contributed by atoms with Crippen LogP contribution in [0.2, 0.25) is 5.02 Å². The van der Waals surface area contributed by atoms with Crippen molar-refractivity contribution in [2.45, 2.75) is 38.7 Å². The van der Waals surface area contributed by atoms with Gasteiger partial charge in [-0.2, -0.15) is 0 Å². The highest BCUT2D eigenvalue weighted by Crippen LogP contribution is 2.26. The number of carbonyl (C=O) groups is 1. The number of rotatable bonds is 5. The Morgan fingerprint density at radius 1 is 1.43 bits per heavy atom. The largest absolute Gasteiger partial charge is 0.376 e. The molecule has 0 unspecified atom stereocenters. The van der Waals surface area contributed by atoms with Crippen LogP contribution in [0, 0.1) is 11.7 Å². The Hall–Kier alpha value is -1.13. The lowest BCUT2D eigenvalue weighted by molar-refractivity contribution is -0.00293. The van der Waals surface area contributed by atoms with Crippen molar-refractivity contribution in [1.29, 1.82) is 0 Å². The second-order valence-electron chi connectivity index (χ2n) is 5.55. The van der Waals surface area contributed by atoms with Gasteiger partial charge in [0.05, 0.1) is 23.3 Å². The second-order valence-corrected chi connectivity index (χ2v) is 5.96. The monoisotopic (exact) mass is 313 g/mol. The zero-order chi connectivity index (χ0) is 15.2. The summed E-state index contributed by atoms with van der Waals surface area (Å²) in [5.74, 6) is -0.174. The Morgan fingerprint density at radius 2 is 2.19 bits per heavy atom. The highest BCUT2D eigenvalue weighted by atomic mass is 35.5. The lowest BCUT2D eigenvalue weighted by Gasteiger charge is -2.28. The zero-order valence-electron chi connectivity index (χ0n) is 12.2. The molecule has 0 aromatic heterocycles. The molecule has 116 valence electrons. The van der Waals surface area contributed by atoms with Crippen molar-refractivity contribution in [2.75, 3.05) is 13.2 Å². The lowest BCUT2D eigenvalue weighted by Crippen LogP contribution is -2.31. The first-order valence-corrected chi connectivity index (χ1v) is 7.80. The number of hydrogen-bond acceptors (Lipinski definition) is 2. The minimum Gasteiger partial charge on any atom is -0.376 e. The highest BCUT2D eigenvalue weighted by molar-refractivity contribution is 6.33. The molecule has 1 saturated carbocycles. The van der Waals surface area contributed by atoms with Crippen LogP contribution in [0.3, 0.4) is 0 Å². The van der Waals surface area contributed by atoms with Gasteiger partial charge in [-0.1, -0.05) is 31.4 Å². The van der Waals surface area contributed by atoms with E-state index < -0.39 is 5.82 Å². The lowest BCUT2D eigenvalue weighted by atomic mass is 9.88. The van der Waals surface area contributed by atoms with E-state index in [2.05, 4.69) is 12.2 Å². The van der Waals surface area contributed by atoms with Crippen molar-refractivity contribution in [3.63, 3.8) is 0 Å². The number of nitrogens with one attached hydrogen (secondary N) is 1. The molecule has 0 aliphatic heterocycles. The summed E-state index contributed by atoms with van der Waals surface area (Å²) in [6.07, 6.45) is 5.10. The number of carbonyl (C=O) groups excluding carboxylic acids is 1. The molecule has 0 heterocycles. The molecule has 3 nitrogen and oxygen atoms in total. The summed E-state index contributed by atoms with van der Waals surface area (Å²) in [6, 6.07) is 3.74. The molecule has 21 heavy (non-hydrogen) atoms. The van der Waals surface area contributed by atoms with Crippen LogP contribution in [0.4, 0.5) is 4.39 Å². The first-order chi connectivity index (χ1) is 10.1. The Balaban J connectivity index is 1.74. The van der Waals surface area contributed by atoms with Gasteiger partial charge in [0.2, 0.25) is 0 Å². The molecule has 0 saturated heterocycles. The molecule has 1 aliphatic carbocycles. The van der Waals surface area contributed by atoms with Gasteiger partial charge in [-0.25, -0.2) is 4.39 Å². The van der Waals surface area contributed by atoms with Crippen molar-refractivity contribution in [3.8, 4) is 0 Å². The Labute approximate surface area is 129 Å². The van der Waals surface area contributed by atoms with Crippen molar-refractivity contribution >= 4 is 17.5 Å². The highest BCUT2D eigenvalue weighted by Gasteiger charge is 2.21. The average Bonchev–Trinajstić information content (AvgIpc) is 2.45. The van der Waals surface area contributed by atoms with Gasteiger partial charge >= 0.3 is 0 Å². The fourth-order valence-corrected chi connectivity index (χ4v) is 2.93. The van der Waals surface area contributed by atoms with E-state index in [0.717, 1.165) is 12.5 Å². The van der Waals surface area contributed by atoms with Crippen molar-refractivity contribution < 1.29 is 13.9 Å². The summed E-state index contributed by atoms with van der Waals surface area (Å²) in [5, 5.41) is 2.86. The molecule has 2 rings (SSSR count). The molecular weight excluding hydrogens is 293 g/mol. The van der Waals surface area contributed by atoms with E-state index in [1.54, 1.807) is 0 Å². The Morgan fingerprint density at radius 3 is 2.90 bits per heavy atom. The third-order valence-corrected chi connectivity index (χ3v) is 4.24. The van der Waals surface area contributed by atoms with Gasteiger partial charge < -0.3 is 10.1 Å². The van der Waals surface area contributed by atoms with E-state index >= 15 is 0 Å². The average molecular weight is 314 g/mol. The Bertz CT molecular complexity index is 495. The SMILES string of the molecule is C[C@@H]1CCCC[C@H]1OCCNC(=O)c1ccc(F)cc1Cl. The quantitative estimate of drug-likeness (QED) is 0.840. The van der Waals surface area contributed by atoms with E-state index in [4.69, 9.17) is 16.3 Å². The summed E-state index contributed by atoms with van der Waals surface area (Å²) in [4.78, 5) is 11.9. The van der Waals surface area contributed by atoms with Crippen LogP contribution in [0.25, 0.3) is 0 Å². The number of amides is 1. The van der Waals surface area contributed by atoms with Gasteiger partial charge in [-0.15, -0.1) is 0 Å². The molecule has 1 fully saturated rings. The predicted molar refractivity (Wildman–Crippen MR) is 81.1 cm³/mol. The molecule has 2 atom stereocenters. The van der Waals surface area contributed by atoms with Gasteiger partial charge in [-0.3, -0.25) is 4.79 Å². The molecule has 1 N–H and O–H groups in total. The maximum Gasteiger partial charge on any atom is 0.252 e. The van der Waals surface area contributed by atoms with Crippen LogP contribution in [-0.2, 0) is 4.74 Å². The molecule has 0 spiro atoms. The molecule has 1 amide bonds.